The highest BCUT2D eigenvalue weighted by molar-refractivity contribution is 5.93. The second-order valence-electron chi connectivity index (χ2n) is 7.35. The largest absolute Gasteiger partial charge is 0.348 e. The Labute approximate surface area is 168 Å². The molecule has 0 unspecified atom stereocenters. The van der Waals surface area contributed by atoms with Crippen LogP contribution in [0.15, 0.2) is 42.5 Å². The van der Waals surface area contributed by atoms with Crippen LogP contribution in [0.3, 0.4) is 0 Å². The molecular formula is C23H31N3O2. The van der Waals surface area contributed by atoms with Gasteiger partial charge in [-0.1, -0.05) is 43.3 Å². The minimum Gasteiger partial charge on any atom is -0.348 e. The summed E-state index contributed by atoms with van der Waals surface area (Å²) in [6, 6.07) is 14.0. The monoisotopic (exact) mass is 381 g/mol. The Kier molecular flexibility index (Phi) is 7.76. The first-order chi connectivity index (χ1) is 13.3. The average molecular weight is 382 g/mol. The maximum Gasteiger partial charge on any atom is 0.238 e. The van der Waals surface area contributed by atoms with Gasteiger partial charge in [0.1, 0.15) is 0 Å². The van der Waals surface area contributed by atoms with E-state index in [1.54, 1.807) is 11.9 Å². The number of rotatable bonds is 8. The molecule has 2 aromatic carbocycles. The van der Waals surface area contributed by atoms with Crippen molar-refractivity contribution >= 4 is 17.5 Å². The maximum atomic E-state index is 12.3. The number of nitrogens with one attached hydrogen (secondary N) is 2. The third-order valence-electron chi connectivity index (χ3n) is 4.97. The Bertz CT molecular complexity index is 815. The van der Waals surface area contributed by atoms with Crippen LogP contribution in [0.1, 0.15) is 42.1 Å². The quantitative estimate of drug-likeness (QED) is 0.734. The molecule has 0 radical (unpaired) electrons. The van der Waals surface area contributed by atoms with E-state index in [2.05, 4.69) is 29.7 Å². The van der Waals surface area contributed by atoms with Crippen LogP contribution in [-0.2, 0) is 16.0 Å². The summed E-state index contributed by atoms with van der Waals surface area (Å²) >= 11 is 0. The second kappa shape index (κ2) is 10.0. The number of benzene rings is 2. The molecule has 2 amide bonds. The van der Waals surface area contributed by atoms with Gasteiger partial charge in [-0.25, -0.2) is 0 Å². The number of hydrogen-bond acceptors (Lipinski definition) is 3. The first kappa shape index (κ1) is 21.6. The summed E-state index contributed by atoms with van der Waals surface area (Å²) in [6.07, 6.45) is 0.996. The highest BCUT2D eigenvalue weighted by Gasteiger charge is 2.14. The normalized spacial score (nSPS) is 11.9. The minimum atomic E-state index is -0.132. The lowest BCUT2D eigenvalue weighted by Crippen LogP contribution is -2.39. The third kappa shape index (κ3) is 6.20. The van der Waals surface area contributed by atoms with E-state index < -0.39 is 0 Å². The molecule has 2 rings (SSSR count). The molecule has 5 nitrogen and oxygen atoms in total. The zero-order valence-electron chi connectivity index (χ0n) is 17.5. The maximum absolute atomic E-state index is 12.3. The van der Waals surface area contributed by atoms with Gasteiger partial charge in [-0.2, -0.15) is 0 Å². The van der Waals surface area contributed by atoms with Gasteiger partial charge in [0.15, 0.2) is 0 Å². The van der Waals surface area contributed by atoms with Crippen LogP contribution < -0.4 is 10.6 Å². The fraction of sp³-hybridized carbons (Fsp3) is 0.391. The molecule has 0 aliphatic rings. The molecule has 0 saturated carbocycles. The van der Waals surface area contributed by atoms with Gasteiger partial charge in [0.05, 0.1) is 19.1 Å². The number of amides is 2. The van der Waals surface area contributed by atoms with Gasteiger partial charge in [-0.05, 0) is 62.6 Å². The van der Waals surface area contributed by atoms with Crippen molar-refractivity contribution in [3.05, 3.63) is 64.7 Å². The lowest BCUT2D eigenvalue weighted by Gasteiger charge is -2.19. The van der Waals surface area contributed by atoms with Gasteiger partial charge >= 0.3 is 0 Å². The standard InChI is InChI=1S/C23H31N3O2/c1-6-19-10-12-20(13-11-19)18(4)24-22(27)14-26(5)15-23(28)25-21-9-7-8-16(2)17(21)3/h7-13,18H,6,14-15H2,1-5H3,(H,24,27)(H,25,28)/t18-/m1/s1. The fourth-order valence-corrected chi connectivity index (χ4v) is 3.03. The number of aryl methyl sites for hydroxylation is 2. The molecule has 0 aliphatic carbocycles. The zero-order chi connectivity index (χ0) is 20.7. The number of hydrogen-bond donors (Lipinski definition) is 2. The van der Waals surface area contributed by atoms with E-state index in [1.165, 1.54) is 5.56 Å². The summed E-state index contributed by atoms with van der Waals surface area (Å²) in [7, 11) is 1.77. The summed E-state index contributed by atoms with van der Waals surface area (Å²) in [5, 5.41) is 5.91. The van der Waals surface area contributed by atoms with Crippen molar-refractivity contribution in [3.63, 3.8) is 0 Å². The molecule has 2 aromatic rings. The first-order valence-corrected chi connectivity index (χ1v) is 9.73. The molecule has 150 valence electrons. The molecule has 0 aliphatic heterocycles. The first-order valence-electron chi connectivity index (χ1n) is 9.73. The van der Waals surface area contributed by atoms with Crippen LogP contribution in [0.5, 0.6) is 0 Å². The molecule has 0 saturated heterocycles. The SMILES string of the molecule is CCc1ccc([C@@H](C)NC(=O)CN(C)CC(=O)Nc2cccc(C)c2C)cc1. The van der Waals surface area contributed by atoms with E-state index in [1.807, 2.05) is 51.1 Å². The Morgan fingerprint density at radius 1 is 1.00 bits per heavy atom. The Hall–Kier alpha value is -2.66. The molecule has 1 atom stereocenters. The number of nitrogens with zero attached hydrogens (tertiary/aromatic N) is 1. The summed E-state index contributed by atoms with van der Waals surface area (Å²) < 4.78 is 0. The fourth-order valence-electron chi connectivity index (χ4n) is 3.03. The van der Waals surface area contributed by atoms with E-state index in [-0.39, 0.29) is 30.9 Å². The minimum absolute atomic E-state index is 0.0735. The number of anilines is 1. The summed E-state index contributed by atoms with van der Waals surface area (Å²) in [5.41, 5.74) is 5.34. The van der Waals surface area contributed by atoms with Crippen molar-refractivity contribution in [1.82, 2.24) is 10.2 Å². The molecule has 0 heterocycles. The van der Waals surface area contributed by atoms with Crippen LogP contribution in [0.2, 0.25) is 0 Å². The molecule has 2 N–H and O–H groups in total. The highest BCUT2D eigenvalue weighted by Crippen LogP contribution is 2.18. The number of carbonyl (C=O) groups excluding carboxylic acids is 2. The smallest absolute Gasteiger partial charge is 0.238 e. The zero-order valence-corrected chi connectivity index (χ0v) is 17.5. The molecule has 28 heavy (non-hydrogen) atoms. The van der Waals surface area contributed by atoms with Gasteiger partial charge in [0.2, 0.25) is 11.8 Å². The second-order valence-corrected chi connectivity index (χ2v) is 7.35. The summed E-state index contributed by atoms with van der Waals surface area (Å²) in [4.78, 5) is 26.3. The molecule has 5 heteroatoms. The van der Waals surface area contributed by atoms with Crippen molar-refractivity contribution in [2.24, 2.45) is 0 Å². The third-order valence-corrected chi connectivity index (χ3v) is 4.97. The summed E-state index contributed by atoms with van der Waals surface area (Å²) in [6.45, 7) is 8.39. The van der Waals surface area contributed by atoms with E-state index in [0.717, 1.165) is 28.8 Å². The summed E-state index contributed by atoms with van der Waals surface area (Å²) in [5.74, 6) is -0.235. The molecule has 0 aromatic heterocycles. The van der Waals surface area contributed by atoms with Crippen LogP contribution in [0.25, 0.3) is 0 Å². The Balaban J connectivity index is 1.82. The lowest BCUT2D eigenvalue weighted by molar-refractivity contribution is -0.123. The van der Waals surface area contributed by atoms with Crippen LogP contribution >= 0.6 is 0 Å². The van der Waals surface area contributed by atoms with Gasteiger partial charge in [0.25, 0.3) is 0 Å². The van der Waals surface area contributed by atoms with E-state index in [0.29, 0.717) is 0 Å². The Morgan fingerprint density at radius 2 is 1.64 bits per heavy atom. The van der Waals surface area contributed by atoms with Crippen molar-refractivity contribution in [1.29, 1.82) is 0 Å². The Morgan fingerprint density at radius 3 is 2.29 bits per heavy atom. The number of likely N-dealkylation sites (N-methyl/N-ethyl adjacent to an activating group) is 1. The lowest BCUT2D eigenvalue weighted by atomic mass is 10.1. The van der Waals surface area contributed by atoms with Gasteiger partial charge in [0, 0.05) is 5.69 Å². The van der Waals surface area contributed by atoms with E-state index in [9.17, 15) is 9.59 Å². The van der Waals surface area contributed by atoms with Crippen molar-refractivity contribution in [3.8, 4) is 0 Å². The van der Waals surface area contributed by atoms with Gasteiger partial charge in [-0.15, -0.1) is 0 Å². The van der Waals surface area contributed by atoms with Crippen LogP contribution in [0.4, 0.5) is 5.69 Å². The van der Waals surface area contributed by atoms with Crippen LogP contribution in [-0.4, -0.2) is 36.9 Å². The molecule has 0 fully saturated rings. The van der Waals surface area contributed by atoms with Crippen molar-refractivity contribution in [2.75, 3.05) is 25.5 Å². The van der Waals surface area contributed by atoms with Crippen molar-refractivity contribution < 1.29 is 9.59 Å². The van der Waals surface area contributed by atoms with Gasteiger partial charge in [-0.3, -0.25) is 14.5 Å². The highest BCUT2D eigenvalue weighted by atomic mass is 16.2. The van der Waals surface area contributed by atoms with Crippen LogP contribution in [0, 0.1) is 13.8 Å². The number of carbonyl (C=O) groups is 2. The predicted octanol–water partition coefficient (Wildman–Crippen LogP) is 3.61. The van der Waals surface area contributed by atoms with E-state index >= 15 is 0 Å². The van der Waals surface area contributed by atoms with E-state index in [4.69, 9.17) is 0 Å². The topological polar surface area (TPSA) is 61.4 Å². The average Bonchev–Trinajstić information content (AvgIpc) is 2.65. The van der Waals surface area contributed by atoms with Gasteiger partial charge < -0.3 is 10.6 Å². The van der Waals surface area contributed by atoms with Crippen molar-refractivity contribution in [2.45, 2.75) is 40.2 Å². The predicted molar refractivity (Wildman–Crippen MR) is 114 cm³/mol. The molecular weight excluding hydrogens is 350 g/mol. The molecule has 0 spiro atoms. The molecule has 0 bridgehead atoms.